The summed E-state index contributed by atoms with van der Waals surface area (Å²) >= 11 is 7.18. The van der Waals surface area contributed by atoms with Gasteiger partial charge in [0.15, 0.2) is 5.25 Å². The molecular weight excluding hydrogens is 434 g/mol. The highest BCUT2D eigenvalue weighted by Crippen LogP contribution is 2.36. The number of thioether (sulfide) groups is 1. The zero-order chi connectivity index (χ0) is 21.8. The number of carbonyl (C=O) groups excluding carboxylic acids is 3. The lowest BCUT2D eigenvalue weighted by Crippen LogP contribution is -2.49. The molecule has 3 amide bonds. The molecule has 0 spiro atoms. The number of piperidine rings is 1. The maximum atomic E-state index is 12.9. The summed E-state index contributed by atoms with van der Waals surface area (Å²) in [4.78, 5) is 40.5. The first-order valence-electron chi connectivity index (χ1n) is 10.4. The van der Waals surface area contributed by atoms with Gasteiger partial charge in [-0.3, -0.25) is 14.4 Å². The van der Waals surface area contributed by atoms with Gasteiger partial charge >= 0.3 is 0 Å². The number of hydrogen-bond donors (Lipinski definition) is 2. The molecule has 2 aliphatic rings. The second-order valence-corrected chi connectivity index (χ2v) is 9.33. The zero-order valence-corrected chi connectivity index (χ0v) is 18.5. The van der Waals surface area contributed by atoms with Crippen molar-refractivity contribution in [1.29, 1.82) is 0 Å². The van der Waals surface area contributed by atoms with Gasteiger partial charge < -0.3 is 15.5 Å². The van der Waals surface area contributed by atoms with Gasteiger partial charge in [-0.1, -0.05) is 35.9 Å². The first-order valence-corrected chi connectivity index (χ1v) is 11.6. The maximum absolute atomic E-state index is 12.9. The Hall–Kier alpha value is -2.51. The molecule has 1 fully saturated rings. The molecule has 1 saturated heterocycles. The average Bonchev–Trinajstić information content (AvgIpc) is 2.79. The molecule has 1 atom stereocenters. The van der Waals surface area contributed by atoms with Gasteiger partial charge in [-0.25, -0.2) is 0 Å². The summed E-state index contributed by atoms with van der Waals surface area (Å²) in [6.45, 7) is 1.54. The zero-order valence-electron chi connectivity index (χ0n) is 17.0. The number of nitrogens with zero attached hydrogens (tertiary/aromatic N) is 1. The number of nitrogens with one attached hydrogen (secondary N) is 2. The minimum absolute atomic E-state index is 0.0276. The Kier molecular flexibility index (Phi) is 6.83. The van der Waals surface area contributed by atoms with Crippen LogP contribution in [0.2, 0.25) is 5.02 Å². The van der Waals surface area contributed by atoms with E-state index in [1.807, 2.05) is 48.5 Å². The molecule has 2 N–H and O–H groups in total. The van der Waals surface area contributed by atoms with Crippen LogP contribution in [0.15, 0.2) is 53.4 Å². The number of amides is 3. The number of hydrogen-bond acceptors (Lipinski definition) is 4. The van der Waals surface area contributed by atoms with Crippen molar-refractivity contribution in [3.8, 4) is 0 Å². The molecule has 2 aromatic rings. The summed E-state index contributed by atoms with van der Waals surface area (Å²) in [5.74, 6) is -0.544. The van der Waals surface area contributed by atoms with E-state index in [1.165, 1.54) is 11.8 Å². The minimum Gasteiger partial charge on any atom is -0.356 e. The molecule has 162 valence electrons. The molecule has 0 bridgehead atoms. The lowest BCUT2D eigenvalue weighted by Gasteiger charge is -2.34. The normalized spacial score (nSPS) is 18.8. The van der Waals surface area contributed by atoms with E-state index in [0.717, 1.165) is 22.6 Å². The second kappa shape index (κ2) is 9.75. The molecular formula is C23H24ClN3O3S. The topological polar surface area (TPSA) is 78.5 Å². The largest absolute Gasteiger partial charge is 0.356 e. The van der Waals surface area contributed by atoms with Crippen LogP contribution < -0.4 is 10.6 Å². The molecule has 31 heavy (non-hydrogen) atoms. The van der Waals surface area contributed by atoms with E-state index in [0.29, 0.717) is 37.5 Å². The van der Waals surface area contributed by atoms with E-state index in [9.17, 15) is 14.4 Å². The molecule has 2 heterocycles. The van der Waals surface area contributed by atoms with Crippen LogP contribution in [0.3, 0.4) is 0 Å². The number of halogens is 1. The van der Waals surface area contributed by atoms with Crippen molar-refractivity contribution in [3.63, 3.8) is 0 Å². The van der Waals surface area contributed by atoms with Gasteiger partial charge in [0, 0.05) is 35.5 Å². The van der Waals surface area contributed by atoms with E-state index in [4.69, 9.17) is 11.6 Å². The van der Waals surface area contributed by atoms with Gasteiger partial charge in [0.2, 0.25) is 17.7 Å². The fraction of sp³-hybridized carbons (Fsp3) is 0.348. The Morgan fingerprint density at radius 2 is 1.81 bits per heavy atom. The number of anilines is 1. The minimum atomic E-state index is -0.778. The molecule has 2 aliphatic heterocycles. The Morgan fingerprint density at radius 1 is 1.10 bits per heavy atom. The molecule has 2 aromatic carbocycles. The third-order valence-corrected chi connectivity index (χ3v) is 7.17. The van der Waals surface area contributed by atoms with Crippen molar-refractivity contribution in [3.05, 3.63) is 59.1 Å². The molecule has 0 saturated carbocycles. The van der Waals surface area contributed by atoms with E-state index < -0.39 is 5.25 Å². The van der Waals surface area contributed by atoms with Gasteiger partial charge in [0.05, 0.1) is 5.69 Å². The number of para-hydroxylation sites is 1. The van der Waals surface area contributed by atoms with Crippen LogP contribution in [0.1, 0.15) is 18.4 Å². The summed E-state index contributed by atoms with van der Waals surface area (Å²) in [5, 5.41) is 5.73. The van der Waals surface area contributed by atoms with Crippen molar-refractivity contribution in [2.75, 3.05) is 25.0 Å². The first kappa shape index (κ1) is 21.7. The van der Waals surface area contributed by atoms with Crippen LogP contribution in [-0.2, 0) is 20.8 Å². The van der Waals surface area contributed by atoms with Crippen molar-refractivity contribution < 1.29 is 14.4 Å². The van der Waals surface area contributed by atoms with E-state index in [-0.39, 0.29) is 23.6 Å². The van der Waals surface area contributed by atoms with E-state index >= 15 is 0 Å². The van der Waals surface area contributed by atoms with Gasteiger partial charge in [0.1, 0.15) is 0 Å². The predicted molar refractivity (Wildman–Crippen MR) is 122 cm³/mol. The lowest BCUT2D eigenvalue weighted by atomic mass is 9.95. The molecule has 0 aliphatic carbocycles. The van der Waals surface area contributed by atoms with Crippen LogP contribution in [0.25, 0.3) is 0 Å². The highest BCUT2D eigenvalue weighted by Gasteiger charge is 2.37. The van der Waals surface area contributed by atoms with Crippen molar-refractivity contribution in [1.82, 2.24) is 10.2 Å². The van der Waals surface area contributed by atoms with Gasteiger partial charge in [-0.15, -0.1) is 11.8 Å². The standard InChI is InChI=1S/C23H24ClN3O3S/c24-17-7-5-15(6-8-17)9-12-25-21(28)16-10-13-27(14-11-16)23(30)20-22(29)26-18-3-1-2-4-19(18)31-20/h1-8,16,20H,9-14H2,(H,25,28)(H,26,29). The Morgan fingerprint density at radius 3 is 2.55 bits per heavy atom. The smallest absolute Gasteiger partial charge is 0.247 e. The Balaban J connectivity index is 1.24. The van der Waals surface area contributed by atoms with Crippen LogP contribution in [0, 0.1) is 5.92 Å². The summed E-state index contributed by atoms with van der Waals surface area (Å²) in [6.07, 6.45) is 1.96. The quantitative estimate of drug-likeness (QED) is 0.675. The molecule has 1 unspecified atom stereocenters. The van der Waals surface area contributed by atoms with Crippen molar-refractivity contribution >= 4 is 46.8 Å². The highest BCUT2D eigenvalue weighted by molar-refractivity contribution is 8.01. The fourth-order valence-electron chi connectivity index (χ4n) is 3.87. The summed E-state index contributed by atoms with van der Waals surface area (Å²) in [6, 6.07) is 15.1. The number of rotatable bonds is 5. The fourth-order valence-corrected chi connectivity index (χ4v) is 5.07. The number of benzene rings is 2. The Bertz CT molecular complexity index is 974. The predicted octanol–water partition coefficient (Wildman–Crippen LogP) is 3.35. The first-order chi connectivity index (χ1) is 15.0. The van der Waals surface area contributed by atoms with Crippen LogP contribution in [0.5, 0.6) is 0 Å². The Labute approximate surface area is 190 Å². The highest BCUT2D eigenvalue weighted by atomic mass is 35.5. The lowest BCUT2D eigenvalue weighted by molar-refractivity contribution is -0.137. The second-order valence-electron chi connectivity index (χ2n) is 7.75. The van der Waals surface area contributed by atoms with Gasteiger partial charge in [0.25, 0.3) is 0 Å². The average molecular weight is 458 g/mol. The number of fused-ring (bicyclic) bond motifs is 1. The van der Waals surface area contributed by atoms with E-state index in [2.05, 4.69) is 10.6 Å². The molecule has 6 nitrogen and oxygen atoms in total. The third-order valence-electron chi connectivity index (χ3n) is 5.66. The van der Waals surface area contributed by atoms with Crippen molar-refractivity contribution in [2.45, 2.75) is 29.4 Å². The monoisotopic (exact) mass is 457 g/mol. The number of likely N-dealkylation sites (tertiary alicyclic amines) is 1. The summed E-state index contributed by atoms with van der Waals surface area (Å²) < 4.78 is 0. The van der Waals surface area contributed by atoms with Crippen molar-refractivity contribution in [2.24, 2.45) is 5.92 Å². The summed E-state index contributed by atoms with van der Waals surface area (Å²) in [5.41, 5.74) is 1.87. The summed E-state index contributed by atoms with van der Waals surface area (Å²) in [7, 11) is 0. The van der Waals surface area contributed by atoms with E-state index in [1.54, 1.807) is 4.90 Å². The molecule has 0 radical (unpaired) electrons. The van der Waals surface area contributed by atoms with Crippen LogP contribution >= 0.6 is 23.4 Å². The maximum Gasteiger partial charge on any atom is 0.247 e. The SMILES string of the molecule is O=C(NCCc1ccc(Cl)cc1)C1CCN(C(=O)C2Sc3ccccc3NC2=O)CC1. The van der Waals surface area contributed by atoms with Gasteiger partial charge in [-0.2, -0.15) is 0 Å². The van der Waals surface area contributed by atoms with Crippen LogP contribution in [0.4, 0.5) is 5.69 Å². The molecule has 0 aromatic heterocycles. The van der Waals surface area contributed by atoms with Gasteiger partial charge in [-0.05, 0) is 49.1 Å². The third kappa shape index (κ3) is 5.22. The number of carbonyl (C=O) groups is 3. The molecule has 4 rings (SSSR count). The molecule has 8 heteroatoms. The van der Waals surface area contributed by atoms with Crippen LogP contribution in [-0.4, -0.2) is 47.5 Å².